The van der Waals surface area contributed by atoms with E-state index in [1.54, 1.807) is 0 Å². The fourth-order valence-corrected chi connectivity index (χ4v) is 2.05. The normalized spacial score (nSPS) is 12.9. The van der Waals surface area contributed by atoms with Crippen LogP contribution in [0.4, 0.5) is 13.2 Å². The van der Waals surface area contributed by atoms with Crippen LogP contribution in [0, 0.1) is 23.4 Å². The van der Waals surface area contributed by atoms with Gasteiger partial charge in [0.2, 0.25) is 11.7 Å². The molecule has 0 amide bonds. The Labute approximate surface area is 120 Å². The number of nitrogens with two attached hydrogens (primary N) is 1. The number of benzene rings is 1. The highest BCUT2D eigenvalue weighted by Crippen LogP contribution is 2.21. The van der Waals surface area contributed by atoms with E-state index in [0.29, 0.717) is 12.3 Å². The van der Waals surface area contributed by atoms with Crippen LogP contribution in [0.25, 0.3) is 11.4 Å². The first kappa shape index (κ1) is 15.5. The Balaban J connectivity index is 2.16. The van der Waals surface area contributed by atoms with Crippen molar-refractivity contribution >= 4 is 0 Å². The van der Waals surface area contributed by atoms with Crippen molar-refractivity contribution in [3.05, 3.63) is 35.5 Å². The molecule has 1 aromatic carbocycles. The number of nitrogens with zero attached hydrogens (tertiary/aromatic N) is 2. The maximum Gasteiger partial charge on any atom is 0.228 e. The first-order valence-corrected chi connectivity index (χ1v) is 6.60. The average Bonchev–Trinajstić information content (AvgIpc) is 2.82. The molecule has 7 heteroatoms. The number of halogens is 3. The van der Waals surface area contributed by atoms with E-state index < -0.39 is 17.5 Å². The molecule has 0 saturated heterocycles. The van der Waals surface area contributed by atoms with Crippen molar-refractivity contribution < 1.29 is 17.7 Å². The van der Waals surface area contributed by atoms with Crippen molar-refractivity contribution in [1.82, 2.24) is 10.1 Å². The summed E-state index contributed by atoms with van der Waals surface area (Å²) in [5, 5.41) is 3.63. The van der Waals surface area contributed by atoms with Gasteiger partial charge in [0.15, 0.2) is 17.5 Å². The molecule has 1 heterocycles. The van der Waals surface area contributed by atoms with Gasteiger partial charge in [0.05, 0.1) is 0 Å². The maximum absolute atomic E-state index is 13.2. The highest BCUT2D eigenvalue weighted by atomic mass is 19.2. The highest BCUT2D eigenvalue weighted by molar-refractivity contribution is 5.54. The summed E-state index contributed by atoms with van der Waals surface area (Å²) < 4.78 is 44.2. The molecule has 1 aromatic heterocycles. The third-order valence-corrected chi connectivity index (χ3v) is 2.92. The number of rotatable bonds is 5. The number of hydrogen-bond acceptors (Lipinski definition) is 4. The minimum atomic E-state index is -1.53. The molecule has 4 nitrogen and oxygen atoms in total. The van der Waals surface area contributed by atoms with E-state index in [-0.39, 0.29) is 23.3 Å². The van der Waals surface area contributed by atoms with Gasteiger partial charge in [-0.05, 0) is 24.5 Å². The SMILES string of the molecule is CC(C)CC(N)Cc1nc(-c2cc(F)c(F)c(F)c2)no1. The monoisotopic (exact) mass is 299 g/mol. The predicted molar refractivity (Wildman–Crippen MR) is 70.7 cm³/mol. The molecule has 114 valence electrons. The van der Waals surface area contributed by atoms with E-state index in [4.69, 9.17) is 10.3 Å². The summed E-state index contributed by atoms with van der Waals surface area (Å²) in [7, 11) is 0. The van der Waals surface area contributed by atoms with Crippen LogP contribution in [0.3, 0.4) is 0 Å². The quantitative estimate of drug-likeness (QED) is 0.862. The number of aromatic nitrogens is 2. The highest BCUT2D eigenvalue weighted by Gasteiger charge is 2.17. The van der Waals surface area contributed by atoms with Crippen molar-refractivity contribution in [3.63, 3.8) is 0 Å². The van der Waals surface area contributed by atoms with Gasteiger partial charge in [-0.2, -0.15) is 4.98 Å². The van der Waals surface area contributed by atoms with Gasteiger partial charge < -0.3 is 10.3 Å². The minimum Gasteiger partial charge on any atom is -0.339 e. The smallest absolute Gasteiger partial charge is 0.228 e. The zero-order valence-electron chi connectivity index (χ0n) is 11.7. The van der Waals surface area contributed by atoms with Crippen molar-refractivity contribution in [2.75, 3.05) is 0 Å². The lowest BCUT2D eigenvalue weighted by atomic mass is 10.0. The topological polar surface area (TPSA) is 64.9 Å². The van der Waals surface area contributed by atoms with Crippen LogP contribution in [-0.4, -0.2) is 16.2 Å². The Morgan fingerprint density at radius 1 is 1.19 bits per heavy atom. The lowest BCUT2D eigenvalue weighted by Gasteiger charge is -2.10. The third-order valence-electron chi connectivity index (χ3n) is 2.92. The number of hydrogen-bond donors (Lipinski definition) is 1. The van der Waals surface area contributed by atoms with E-state index in [1.807, 2.05) is 13.8 Å². The van der Waals surface area contributed by atoms with Gasteiger partial charge in [-0.1, -0.05) is 19.0 Å². The van der Waals surface area contributed by atoms with E-state index >= 15 is 0 Å². The van der Waals surface area contributed by atoms with Crippen molar-refractivity contribution in [2.45, 2.75) is 32.7 Å². The summed E-state index contributed by atoms with van der Waals surface area (Å²) in [5.74, 6) is -3.41. The molecule has 0 fully saturated rings. The van der Waals surface area contributed by atoms with Gasteiger partial charge in [-0.3, -0.25) is 0 Å². The first-order valence-electron chi connectivity index (χ1n) is 6.60. The maximum atomic E-state index is 13.2. The molecule has 0 spiro atoms. The van der Waals surface area contributed by atoms with Crippen LogP contribution in [-0.2, 0) is 6.42 Å². The van der Waals surface area contributed by atoms with Crippen LogP contribution < -0.4 is 5.73 Å². The van der Waals surface area contributed by atoms with E-state index in [1.165, 1.54) is 0 Å². The lowest BCUT2D eigenvalue weighted by Crippen LogP contribution is -2.24. The molecule has 2 rings (SSSR count). The molecular formula is C14H16F3N3O. The van der Waals surface area contributed by atoms with Gasteiger partial charge >= 0.3 is 0 Å². The Kier molecular flexibility index (Phi) is 4.62. The van der Waals surface area contributed by atoms with Gasteiger partial charge in [0.1, 0.15) is 0 Å². The summed E-state index contributed by atoms with van der Waals surface area (Å²) in [6.07, 6.45) is 1.16. The summed E-state index contributed by atoms with van der Waals surface area (Å²) in [6.45, 7) is 4.09. The van der Waals surface area contributed by atoms with Crippen LogP contribution in [0.15, 0.2) is 16.7 Å². The summed E-state index contributed by atoms with van der Waals surface area (Å²) in [5.41, 5.74) is 5.94. The summed E-state index contributed by atoms with van der Waals surface area (Å²) >= 11 is 0. The van der Waals surface area contributed by atoms with Crippen LogP contribution in [0.5, 0.6) is 0 Å². The van der Waals surface area contributed by atoms with Crippen LogP contribution in [0.2, 0.25) is 0 Å². The van der Waals surface area contributed by atoms with Gasteiger partial charge in [-0.15, -0.1) is 0 Å². The summed E-state index contributed by atoms with van der Waals surface area (Å²) in [4.78, 5) is 4.03. The van der Waals surface area contributed by atoms with E-state index in [2.05, 4.69) is 10.1 Å². The molecular weight excluding hydrogens is 283 g/mol. The second kappa shape index (κ2) is 6.26. The molecule has 0 aliphatic carbocycles. The van der Waals surface area contributed by atoms with Crippen molar-refractivity contribution in [1.29, 1.82) is 0 Å². The van der Waals surface area contributed by atoms with E-state index in [9.17, 15) is 13.2 Å². The zero-order chi connectivity index (χ0) is 15.6. The molecule has 0 aliphatic heterocycles. The van der Waals surface area contributed by atoms with Crippen LogP contribution >= 0.6 is 0 Å². The van der Waals surface area contributed by atoms with Crippen LogP contribution in [0.1, 0.15) is 26.2 Å². The Morgan fingerprint density at radius 3 is 2.38 bits per heavy atom. The molecule has 0 aliphatic rings. The minimum absolute atomic E-state index is 0.000420. The molecule has 1 atom stereocenters. The van der Waals surface area contributed by atoms with Crippen molar-refractivity contribution in [3.8, 4) is 11.4 Å². The second-order valence-corrected chi connectivity index (χ2v) is 5.36. The van der Waals surface area contributed by atoms with Gasteiger partial charge in [0.25, 0.3) is 0 Å². The average molecular weight is 299 g/mol. The fraction of sp³-hybridized carbons (Fsp3) is 0.429. The Hall–Kier alpha value is -1.89. The molecule has 21 heavy (non-hydrogen) atoms. The van der Waals surface area contributed by atoms with Gasteiger partial charge in [-0.25, -0.2) is 13.2 Å². The lowest BCUT2D eigenvalue weighted by molar-refractivity contribution is 0.359. The standard InChI is InChI=1S/C14H16F3N3O/c1-7(2)3-9(18)6-12-19-14(20-21-12)8-4-10(15)13(17)11(16)5-8/h4-5,7,9H,3,6,18H2,1-2H3. The zero-order valence-corrected chi connectivity index (χ0v) is 11.7. The molecule has 0 saturated carbocycles. The third kappa shape index (κ3) is 3.81. The van der Waals surface area contributed by atoms with E-state index in [0.717, 1.165) is 18.6 Å². The second-order valence-electron chi connectivity index (χ2n) is 5.36. The Morgan fingerprint density at radius 2 is 1.81 bits per heavy atom. The summed E-state index contributed by atoms with van der Waals surface area (Å²) in [6, 6.07) is 1.50. The Bertz CT molecular complexity index is 605. The molecule has 2 N–H and O–H groups in total. The van der Waals surface area contributed by atoms with Crippen molar-refractivity contribution in [2.24, 2.45) is 11.7 Å². The predicted octanol–water partition coefficient (Wildman–Crippen LogP) is 3.07. The largest absolute Gasteiger partial charge is 0.339 e. The first-order chi connectivity index (χ1) is 9.86. The van der Waals surface area contributed by atoms with Gasteiger partial charge in [0, 0.05) is 18.0 Å². The fourth-order valence-electron chi connectivity index (χ4n) is 2.05. The molecule has 0 radical (unpaired) electrons. The molecule has 2 aromatic rings. The molecule has 1 unspecified atom stereocenters. The molecule has 0 bridgehead atoms.